The Balaban J connectivity index is 1.51. The number of hydrogen-bond acceptors (Lipinski definition) is 5. The third-order valence-electron chi connectivity index (χ3n) is 3.20. The van der Waals surface area contributed by atoms with Crippen LogP contribution < -0.4 is 10.6 Å². The highest BCUT2D eigenvalue weighted by Gasteiger charge is 2.08. The van der Waals surface area contributed by atoms with Gasteiger partial charge in [-0.1, -0.05) is 18.2 Å². The van der Waals surface area contributed by atoms with Crippen molar-refractivity contribution in [2.24, 2.45) is 0 Å². The van der Waals surface area contributed by atoms with E-state index in [-0.39, 0.29) is 11.8 Å². The third-order valence-corrected chi connectivity index (χ3v) is 4.90. The number of nitrogens with one attached hydrogen (secondary N) is 2. The quantitative estimate of drug-likeness (QED) is 0.641. The maximum atomic E-state index is 12.1. The van der Waals surface area contributed by atoms with Crippen LogP contribution in [0.1, 0.15) is 10.4 Å². The van der Waals surface area contributed by atoms with Gasteiger partial charge in [-0.05, 0) is 36.4 Å². The number of hydrogen-bond donors (Lipinski definition) is 2. The number of carbonyl (C=O) groups is 2. The highest BCUT2D eigenvalue weighted by atomic mass is 32.2. The molecule has 0 saturated heterocycles. The molecule has 1 aromatic heterocycles. The van der Waals surface area contributed by atoms with Crippen LogP contribution in [-0.4, -0.2) is 22.6 Å². The van der Waals surface area contributed by atoms with Crippen molar-refractivity contribution in [2.45, 2.75) is 4.90 Å². The second kappa shape index (κ2) is 8.46. The van der Waals surface area contributed by atoms with Gasteiger partial charge in [-0.15, -0.1) is 23.1 Å². The minimum absolute atomic E-state index is 0.0890. The van der Waals surface area contributed by atoms with E-state index in [1.165, 1.54) is 23.1 Å². The van der Waals surface area contributed by atoms with Crippen molar-refractivity contribution in [3.05, 3.63) is 71.7 Å². The zero-order chi connectivity index (χ0) is 17.5. The molecule has 2 amide bonds. The SMILES string of the molecule is O=C(CSc1ccccc1)Nc1ccc(C(=O)Nc2nccs2)cc1. The highest BCUT2D eigenvalue weighted by molar-refractivity contribution is 8.00. The lowest BCUT2D eigenvalue weighted by Gasteiger charge is -2.07. The summed E-state index contributed by atoms with van der Waals surface area (Å²) in [6.07, 6.45) is 1.63. The van der Waals surface area contributed by atoms with Gasteiger partial charge >= 0.3 is 0 Å². The van der Waals surface area contributed by atoms with Gasteiger partial charge in [-0.2, -0.15) is 0 Å². The van der Waals surface area contributed by atoms with Gasteiger partial charge in [0.25, 0.3) is 5.91 Å². The van der Waals surface area contributed by atoms with Crippen LogP contribution in [0.4, 0.5) is 10.8 Å². The first-order valence-corrected chi connectivity index (χ1v) is 9.36. The molecule has 0 radical (unpaired) electrons. The maximum absolute atomic E-state index is 12.1. The van der Waals surface area contributed by atoms with Gasteiger partial charge in [-0.25, -0.2) is 4.98 Å². The molecule has 0 unspecified atom stereocenters. The number of rotatable bonds is 6. The average molecular weight is 369 g/mol. The standard InChI is InChI=1S/C18H15N3O2S2/c22-16(12-25-15-4-2-1-3-5-15)20-14-8-6-13(7-9-14)17(23)21-18-19-10-11-24-18/h1-11H,12H2,(H,20,22)(H,19,21,23). The molecule has 0 bridgehead atoms. The summed E-state index contributed by atoms with van der Waals surface area (Å²) in [5, 5.41) is 7.89. The van der Waals surface area contributed by atoms with Gasteiger partial charge in [0.05, 0.1) is 5.75 Å². The molecular weight excluding hydrogens is 354 g/mol. The summed E-state index contributed by atoms with van der Waals surface area (Å²) in [6, 6.07) is 16.5. The summed E-state index contributed by atoms with van der Waals surface area (Å²) in [5.41, 5.74) is 1.16. The predicted molar refractivity (Wildman–Crippen MR) is 102 cm³/mol. The summed E-state index contributed by atoms with van der Waals surface area (Å²) >= 11 is 2.83. The van der Waals surface area contributed by atoms with E-state index in [9.17, 15) is 9.59 Å². The number of benzene rings is 2. The second-order valence-corrected chi connectivity index (χ2v) is 6.96. The monoisotopic (exact) mass is 369 g/mol. The van der Waals surface area contributed by atoms with Crippen LogP contribution in [0, 0.1) is 0 Å². The molecule has 0 aliphatic heterocycles. The minimum atomic E-state index is -0.229. The van der Waals surface area contributed by atoms with E-state index in [1.54, 1.807) is 35.8 Å². The lowest BCUT2D eigenvalue weighted by atomic mass is 10.2. The van der Waals surface area contributed by atoms with Crippen LogP contribution >= 0.6 is 23.1 Å². The summed E-state index contributed by atoms with van der Waals surface area (Å²) in [7, 11) is 0. The van der Waals surface area contributed by atoms with E-state index >= 15 is 0 Å². The Hall–Kier alpha value is -2.64. The topological polar surface area (TPSA) is 71.1 Å². The maximum Gasteiger partial charge on any atom is 0.257 e. The molecule has 2 N–H and O–H groups in total. The van der Waals surface area contributed by atoms with E-state index in [0.29, 0.717) is 22.1 Å². The van der Waals surface area contributed by atoms with Crippen molar-refractivity contribution in [3.8, 4) is 0 Å². The van der Waals surface area contributed by atoms with Crippen molar-refractivity contribution in [2.75, 3.05) is 16.4 Å². The molecule has 2 aromatic carbocycles. The first-order valence-electron chi connectivity index (χ1n) is 7.49. The van der Waals surface area contributed by atoms with Gasteiger partial charge in [0.1, 0.15) is 0 Å². The molecular formula is C18H15N3O2S2. The van der Waals surface area contributed by atoms with E-state index < -0.39 is 0 Å². The molecule has 3 rings (SSSR count). The molecule has 3 aromatic rings. The first-order chi connectivity index (χ1) is 12.2. The van der Waals surface area contributed by atoms with E-state index in [2.05, 4.69) is 15.6 Å². The summed E-state index contributed by atoms with van der Waals surface area (Å²) in [6.45, 7) is 0. The third kappa shape index (κ3) is 5.17. The second-order valence-electron chi connectivity index (χ2n) is 5.02. The fourth-order valence-electron chi connectivity index (χ4n) is 2.02. The number of nitrogens with zero attached hydrogens (tertiary/aromatic N) is 1. The fraction of sp³-hybridized carbons (Fsp3) is 0.0556. The molecule has 7 heteroatoms. The van der Waals surface area contributed by atoms with Crippen LogP contribution in [0.2, 0.25) is 0 Å². The number of carbonyl (C=O) groups excluding carboxylic acids is 2. The number of thiazole rings is 1. The zero-order valence-corrected chi connectivity index (χ0v) is 14.8. The summed E-state index contributed by atoms with van der Waals surface area (Å²) < 4.78 is 0. The Bertz CT molecular complexity index is 835. The summed E-state index contributed by atoms with van der Waals surface area (Å²) in [5.74, 6) is 0.0114. The molecule has 0 aliphatic rings. The molecule has 0 atom stereocenters. The van der Waals surface area contributed by atoms with Crippen molar-refractivity contribution in [1.82, 2.24) is 4.98 Å². The van der Waals surface area contributed by atoms with Crippen molar-refractivity contribution in [3.63, 3.8) is 0 Å². The zero-order valence-electron chi connectivity index (χ0n) is 13.1. The lowest BCUT2D eigenvalue weighted by molar-refractivity contribution is -0.113. The van der Waals surface area contributed by atoms with Crippen molar-refractivity contribution < 1.29 is 9.59 Å². The summed E-state index contributed by atoms with van der Waals surface area (Å²) in [4.78, 5) is 29.1. The highest BCUT2D eigenvalue weighted by Crippen LogP contribution is 2.18. The van der Waals surface area contributed by atoms with Crippen LogP contribution in [0.15, 0.2) is 71.1 Å². The van der Waals surface area contributed by atoms with Crippen molar-refractivity contribution >= 4 is 45.7 Å². The van der Waals surface area contributed by atoms with Crippen molar-refractivity contribution in [1.29, 1.82) is 0 Å². The lowest BCUT2D eigenvalue weighted by Crippen LogP contribution is -2.15. The van der Waals surface area contributed by atoms with E-state index in [1.807, 2.05) is 30.3 Å². The minimum Gasteiger partial charge on any atom is -0.325 e. The number of anilines is 2. The Kier molecular flexibility index (Phi) is 5.81. The Labute approximate surface area is 153 Å². The molecule has 0 spiro atoms. The largest absolute Gasteiger partial charge is 0.325 e. The van der Waals surface area contributed by atoms with Gasteiger partial charge in [-0.3, -0.25) is 14.9 Å². The predicted octanol–water partition coefficient (Wildman–Crippen LogP) is 4.13. The molecule has 0 fully saturated rings. The molecule has 5 nitrogen and oxygen atoms in total. The number of aromatic nitrogens is 1. The molecule has 1 heterocycles. The van der Waals surface area contributed by atoms with Gasteiger partial charge in [0, 0.05) is 27.7 Å². The smallest absolute Gasteiger partial charge is 0.257 e. The van der Waals surface area contributed by atoms with E-state index in [0.717, 1.165) is 4.90 Å². The van der Waals surface area contributed by atoms with Crippen LogP contribution in [-0.2, 0) is 4.79 Å². The number of amides is 2. The van der Waals surface area contributed by atoms with Gasteiger partial charge in [0.15, 0.2) is 5.13 Å². The van der Waals surface area contributed by atoms with Gasteiger partial charge in [0.2, 0.25) is 5.91 Å². The van der Waals surface area contributed by atoms with Gasteiger partial charge < -0.3 is 5.32 Å². The average Bonchev–Trinajstić information content (AvgIpc) is 3.14. The normalized spacial score (nSPS) is 10.2. The first kappa shape index (κ1) is 17.2. The number of thioether (sulfide) groups is 1. The van der Waals surface area contributed by atoms with Crippen LogP contribution in [0.3, 0.4) is 0 Å². The Morgan fingerprint density at radius 1 is 1.00 bits per heavy atom. The molecule has 126 valence electrons. The fourth-order valence-corrected chi connectivity index (χ4v) is 3.27. The molecule has 25 heavy (non-hydrogen) atoms. The Morgan fingerprint density at radius 3 is 2.44 bits per heavy atom. The Morgan fingerprint density at radius 2 is 1.76 bits per heavy atom. The van der Waals surface area contributed by atoms with E-state index in [4.69, 9.17) is 0 Å². The van der Waals surface area contributed by atoms with Crippen LogP contribution in [0.5, 0.6) is 0 Å². The molecule has 0 saturated carbocycles. The molecule has 0 aliphatic carbocycles. The van der Waals surface area contributed by atoms with Crippen LogP contribution in [0.25, 0.3) is 0 Å².